The number of rotatable bonds is 5. The first-order valence-corrected chi connectivity index (χ1v) is 6.37. The van der Waals surface area contributed by atoms with Gasteiger partial charge in [-0.1, -0.05) is 0 Å². The molecular weight excluding hydrogens is 248 g/mol. The quantitative estimate of drug-likeness (QED) is 0.636. The molecule has 1 N–H and O–H groups in total. The number of hydrogen-bond acceptors (Lipinski definition) is 5. The highest BCUT2D eigenvalue weighted by Gasteiger charge is 2.18. The predicted molar refractivity (Wildman–Crippen MR) is 62.7 cm³/mol. The average molecular weight is 260 g/mol. The maximum absolute atomic E-state index is 11.3. The second-order valence-corrected chi connectivity index (χ2v) is 5.16. The fourth-order valence-corrected chi connectivity index (χ4v) is 1.77. The summed E-state index contributed by atoms with van der Waals surface area (Å²) in [5, 5.41) is 10.8. The van der Waals surface area contributed by atoms with Crippen molar-refractivity contribution in [2.24, 2.45) is 0 Å². The molecule has 0 unspecified atom stereocenters. The second-order valence-electron chi connectivity index (χ2n) is 3.15. The van der Waals surface area contributed by atoms with E-state index in [1.807, 2.05) is 0 Å². The maximum atomic E-state index is 11.3. The molecule has 7 nitrogen and oxygen atoms in total. The molecule has 0 aliphatic rings. The van der Waals surface area contributed by atoms with Crippen LogP contribution in [0.1, 0.15) is 6.92 Å². The summed E-state index contributed by atoms with van der Waals surface area (Å²) in [5.41, 5.74) is -0.418. The van der Waals surface area contributed by atoms with Crippen molar-refractivity contribution < 1.29 is 18.1 Å². The van der Waals surface area contributed by atoms with Crippen LogP contribution in [-0.2, 0) is 10.0 Å². The lowest BCUT2D eigenvalue weighted by molar-refractivity contribution is -0.384. The summed E-state index contributed by atoms with van der Waals surface area (Å²) in [6.45, 7) is 1.44. The van der Waals surface area contributed by atoms with Crippen molar-refractivity contribution in [1.82, 2.24) is 0 Å². The molecule has 0 radical (unpaired) electrons. The van der Waals surface area contributed by atoms with Crippen LogP contribution in [0.15, 0.2) is 18.2 Å². The van der Waals surface area contributed by atoms with Crippen molar-refractivity contribution >= 4 is 21.4 Å². The Balaban J connectivity index is 3.20. The summed E-state index contributed by atoms with van der Waals surface area (Å²) in [4.78, 5) is 10.1. The van der Waals surface area contributed by atoms with Crippen LogP contribution in [0.3, 0.4) is 0 Å². The van der Waals surface area contributed by atoms with Crippen molar-refractivity contribution in [3.05, 3.63) is 28.3 Å². The summed E-state index contributed by atoms with van der Waals surface area (Å²) < 4.78 is 29.6. The van der Waals surface area contributed by atoms with E-state index in [9.17, 15) is 18.5 Å². The van der Waals surface area contributed by atoms with Gasteiger partial charge in [0.25, 0.3) is 5.69 Å². The molecule has 1 aromatic carbocycles. The number of nitrogens with zero attached hydrogens (tertiary/aromatic N) is 1. The van der Waals surface area contributed by atoms with E-state index >= 15 is 0 Å². The van der Waals surface area contributed by atoms with E-state index in [-0.39, 0.29) is 22.9 Å². The zero-order chi connectivity index (χ0) is 13.1. The fourth-order valence-electron chi connectivity index (χ4n) is 1.12. The summed E-state index contributed by atoms with van der Waals surface area (Å²) in [5.74, 6) is 0.132. The second kappa shape index (κ2) is 5.00. The van der Waals surface area contributed by atoms with Gasteiger partial charge in [0.05, 0.1) is 23.9 Å². The predicted octanol–water partition coefficient (Wildman–Crippen LogP) is 1.36. The van der Waals surface area contributed by atoms with Gasteiger partial charge in [-0.25, -0.2) is 8.42 Å². The monoisotopic (exact) mass is 260 g/mol. The molecule has 1 aromatic rings. The first-order valence-electron chi connectivity index (χ1n) is 4.72. The molecule has 0 bridgehead atoms. The smallest absolute Gasteiger partial charge is 0.297 e. The molecule has 0 saturated heterocycles. The van der Waals surface area contributed by atoms with Gasteiger partial charge >= 0.3 is 0 Å². The zero-order valence-electron chi connectivity index (χ0n) is 9.34. The number of sulfonamides is 1. The topological polar surface area (TPSA) is 98.5 Å². The van der Waals surface area contributed by atoms with Crippen LogP contribution >= 0.6 is 0 Å². The Morgan fingerprint density at radius 3 is 2.59 bits per heavy atom. The number of ether oxygens (including phenoxy) is 1. The van der Waals surface area contributed by atoms with Gasteiger partial charge in [0, 0.05) is 0 Å². The maximum Gasteiger partial charge on any atom is 0.297 e. The molecule has 0 saturated carbocycles. The Kier molecular flexibility index (Phi) is 3.89. The Morgan fingerprint density at radius 1 is 1.47 bits per heavy atom. The van der Waals surface area contributed by atoms with Crippen LogP contribution in [0.5, 0.6) is 5.75 Å². The molecule has 0 spiro atoms. The van der Waals surface area contributed by atoms with Gasteiger partial charge in [-0.05, 0) is 19.1 Å². The number of nitro benzene ring substituents is 1. The van der Waals surface area contributed by atoms with E-state index in [4.69, 9.17) is 4.74 Å². The van der Waals surface area contributed by atoms with E-state index in [2.05, 4.69) is 4.72 Å². The van der Waals surface area contributed by atoms with E-state index in [1.54, 1.807) is 0 Å². The largest absolute Gasteiger partial charge is 0.496 e. The van der Waals surface area contributed by atoms with E-state index < -0.39 is 14.9 Å². The third-order valence-electron chi connectivity index (χ3n) is 2.05. The Hall–Kier alpha value is -1.83. The highest BCUT2D eigenvalue weighted by Crippen LogP contribution is 2.29. The van der Waals surface area contributed by atoms with Crippen molar-refractivity contribution in [3.63, 3.8) is 0 Å². The normalized spacial score (nSPS) is 10.9. The van der Waals surface area contributed by atoms with Crippen molar-refractivity contribution in [2.75, 3.05) is 17.6 Å². The standard InChI is InChI=1S/C9H12N2O5S/c1-3-17(14,15)10-8-5-4-7(16-2)6-9(8)11(12)13/h4-6,10H,3H2,1-2H3. The van der Waals surface area contributed by atoms with E-state index in [1.165, 1.54) is 26.2 Å². The van der Waals surface area contributed by atoms with Gasteiger partial charge in [-0.2, -0.15) is 0 Å². The molecule has 0 aromatic heterocycles. The first kappa shape index (κ1) is 13.2. The van der Waals surface area contributed by atoms with Gasteiger partial charge in [-0.3, -0.25) is 14.8 Å². The third-order valence-corrected chi connectivity index (χ3v) is 3.34. The minimum absolute atomic E-state index is 0.0716. The lowest BCUT2D eigenvalue weighted by Crippen LogP contribution is -2.15. The third kappa shape index (κ3) is 3.31. The van der Waals surface area contributed by atoms with Crippen LogP contribution in [0.2, 0.25) is 0 Å². The molecule has 0 heterocycles. The first-order chi connectivity index (χ1) is 7.89. The molecular formula is C9H12N2O5S. The molecule has 8 heteroatoms. The molecule has 1 rings (SSSR count). The number of nitrogens with one attached hydrogen (secondary N) is 1. The van der Waals surface area contributed by atoms with Gasteiger partial charge < -0.3 is 4.74 Å². The Labute approximate surface area is 98.6 Å². The highest BCUT2D eigenvalue weighted by atomic mass is 32.2. The van der Waals surface area contributed by atoms with Crippen molar-refractivity contribution in [2.45, 2.75) is 6.92 Å². The summed E-state index contributed by atoms with van der Waals surface area (Å²) in [6, 6.07) is 3.90. The van der Waals surface area contributed by atoms with Gasteiger partial charge in [-0.15, -0.1) is 0 Å². The number of nitro groups is 1. The number of benzene rings is 1. The Bertz CT molecular complexity index is 526. The minimum atomic E-state index is -3.54. The highest BCUT2D eigenvalue weighted by molar-refractivity contribution is 7.92. The number of anilines is 1. The van der Waals surface area contributed by atoms with Crippen molar-refractivity contribution in [1.29, 1.82) is 0 Å². The van der Waals surface area contributed by atoms with E-state index in [0.717, 1.165) is 6.07 Å². The van der Waals surface area contributed by atoms with Gasteiger partial charge in [0.1, 0.15) is 11.4 Å². The zero-order valence-corrected chi connectivity index (χ0v) is 10.2. The SMILES string of the molecule is CCS(=O)(=O)Nc1ccc(OC)cc1[N+](=O)[O-]. The van der Waals surface area contributed by atoms with Crippen LogP contribution in [0.4, 0.5) is 11.4 Å². The lowest BCUT2D eigenvalue weighted by atomic mass is 10.2. The van der Waals surface area contributed by atoms with Crippen LogP contribution in [-0.4, -0.2) is 26.2 Å². The van der Waals surface area contributed by atoms with E-state index in [0.29, 0.717) is 0 Å². The van der Waals surface area contributed by atoms with Gasteiger partial charge in [0.15, 0.2) is 0 Å². The molecule has 0 aliphatic heterocycles. The van der Waals surface area contributed by atoms with Crippen LogP contribution < -0.4 is 9.46 Å². The molecule has 94 valence electrons. The molecule has 17 heavy (non-hydrogen) atoms. The summed E-state index contributed by atoms with van der Waals surface area (Å²) in [6.07, 6.45) is 0. The summed E-state index contributed by atoms with van der Waals surface area (Å²) in [7, 11) is -2.17. The summed E-state index contributed by atoms with van der Waals surface area (Å²) >= 11 is 0. The molecule has 0 amide bonds. The average Bonchev–Trinajstić information content (AvgIpc) is 2.29. The number of hydrogen-bond donors (Lipinski definition) is 1. The minimum Gasteiger partial charge on any atom is -0.496 e. The Morgan fingerprint density at radius 2 is 2.12 bits per heavy atom. The molecule has 0 atom stereocenters. The van der Waals surface area contributed by atoms with Crippen LogP contribution in [0, 0.1) is 10.1 Å². The molecule has 0 aliphatic carbocycles. The molecule has 0 fully saturated rings. The fraction of sp³-hybridized carbons (Fsp3) is 0.333. The lowest BCUT2D eigenvalue weighted by Gasteiger charge is -2.07. The van der Waals surface area contributed by atoms with Crippen LogP contribution in [0.25, 0.3) is 0 Å². The van der Waals surface area contributed by atoms with Crippen molar-refractivity contribution in [3.8, 4) is 5.75 Å². The number of methoxy groups -OCH3 is 1. The van der Waals surface area contributed by atoms with Gasteiger partial charge in [0.2, 0.25) is 10.0 Å².